The zero-order valence-corrected chi connectivity index (χ0v) is 14.7. The molecule has 140 valence electrons. The summed E-state index contributed by atoms with van der Waals surface area (Å²) in [4.78, 5) is 22.7. The standard InChI is InChI=1S/C19H21N5O3/c1-11-13(9-27-8-12-5-3-2-4-6-12)15(25)7-14(11)24-10-21-16-17(24)22-19(20)23-18(16)26/h2-6,10,13-15,25H,1,7-9H2,(H3,20,22,23,26)/t13-,14?,15-/m0/s1. The van der Waals surface area contributed by atoms with Crippen molar-refractivity contribution in [3.05, 3.63) is 64.7 Å². The van der Waals surface area contributed by atoms with E-state index < -0.39 is 6.10 Å². The van der Waals surface area contributed by atoms with Crippen LogP contribution in [0.2, 0.25) is 0 Å². The number of imidazole rings is 1. The molecule has 1 aliphatic rings. The van der Waals surface area contributed by atoms with E-state index >= 15 is 0 Å². The van der Waals surface area contributed by atoms with Crippen LogP contribution < -0.4 is 11.3 Å². The van der Waals surface area contributed by atoms with Crippen molar-refractivity contribution in [2.45, 2.75) is 25.2 Å². The van der Waals surface area contributed by atoms with E-state index in [0.29, 0.717) is 25.3 Å². The van der Waals surface area contributed by atoms with Crippen molar-refractivity contribution < 1.29 is 9.84 Å². The number of nitrogens with two attached hydrogens (primary N) is 1. The van der Waals surface area contributed by atoms with Gasteiger partial charge in [-0.05, 0) is 17.6 Å². The molecule has 1 unspecified atom stereocenters. The highest BCUT2D eigenvalue weighted by molar-refractivity contribution is 5.70. The van der Waals surface area contributed by atoms with Crippen LogP contribution in [0.4, 0.5) is 5.95 Å². The number of nitrogens with zero attached hydrogens (tertiary/aromatic N) is 3. The number of ether oxygens (including phenoxy) is 1. The fourth-order valence-electron chi connectivity index (χ4n) is 3.60. The maximum absolute atomic E-state index is 12.0. The number of benzene rings is 1. The van der Waals surface area contributed by atoms with Crippen LogP contribution in [0.25, 0.3) is 11.2 Å². The molecule has 1 aliphatic carbocycles. The molecule has 8 nitrogen and oxygen atoms in total. The molecule has 3 aromatic rings. The molecule has 2 heterocycles. The number of nitrogens with one attached hydrogen (secondary N) is 1. The number of fused-ring (bicyclic) bond motifs is 1. The Bertz CT molecular complexity index is 1030. The zero-order valence-electron chi connectivity index (χ0n) is 14.7. The quantitative estimate of drug-likeness (QED) is 0.587. The highest BCUT2D eigenvalue weighted by atomic mass is 16.5. The lowest BCUT2D eigenvalue weighted by molar-refractivity contribution is 0.0472. The summed E-state index contributed by atoms with van der Waals surface area (Å²) in [7, 11) is 0. The van der Waals surface area contributed by atoms with Crippen LogP contribution in [0.3, 0.4) is 0 Å². The van der Waals surface area contributed by atoms with Crippen molar-refractivity contribution in [3.8, 4) is 0 Å². The van der Waals surface area contributed by atoms with E-state index in [1.54, 1.807) is 10.9 Å². The zero-order chi connectivity index (χ0) is 19.0. The van der Waals surface area contributed by atoms with E-state index in [9.17, 15) is 9.90 Å². The summed E-state index contributed by atoms with van der Waals surface area (Å²) in [5.74, 6) is -0.170. The maximum atomic E-state index is 12.0. The minimum Gasteiger partial charge on any atom is -0.392 e. The van der Waals surface area contributed by atoms with Crippen LogP contribution in [0.15, 0.2) is 53.6 Å². The molecule has 0 radical (unpaired) electrons. The third-order valence-corrected chi connectivity index (χ3v) is 5.03. The third-order valence-electron chi connectivity index (χ3n) is 5.03. The van der Waals surface area contributed by atoms with Gasteiger partial charge in [0.2, 0.25) is 5.95 Å². The number of aliphatic hydroxyl groups excluding tert-OH is 1. The normalized spacial score (nSPS) is 22.6. The lowest BCUT2D eigenvalue weighted by atomic mass is 10.0. The minimum atomic E-state index is -0.588. The number of aromatic amines is 1. The van der Waals surface area contributed by atoms with Gasteiger partial charge in [0.05, 0.1) is 31.7 Å². The van der Waals surface area contributed by atoms with Gasteiger partial charge in [-0.25, -0.2) is 4.98 Å². The first-order valence-corrected chi connectivity index (χ1v) is 8.75. The molecule has 0 aliphatic heterocycles. The molecule has 8 heteroatoms. The Morgan fingerprint density at radius 1 is 1.37 bits per heavy atom. The molecule has 27 heavy (non-hydrogen) atoms. The Morgan fingerprint density at radius 2 is 2.15 bits per heavy atom. The summed E-state index contributed by atoms with van der Waals surface area (Å²) in [5, 5.41) is 10.5. The van der Waals surface area contributed by atoms with Gasteiger partial charge in [-0.1, -0.05) is 36.9 Å². The van der Waals surface area contributed by atoms with Gasteiger partial charge < -0.3 is 20.1 Å². The lowest BCUT2D eigenvalue weighted by Gasteiger charge is -2.18. The van der Waals surface area contributed by atoms with Crippen LogP contribution >= 0.6 is 0 Å². The summed E-state index contributed by atoms with van der Waals surface area (Å²) in [6.07, 6.45) is 1.41. The van der Waals surface area contributed by atoms with Gasteiger partial charge in [-0.3, -0.25) is 9.78 Å². The van der Waals surface area contributed by atoms with Gasteiger partial charge in [0.1, 0.15) is 0 Å². The van der Waals surface area contributed by atoms with Crippen LogP contribution in [-0.4, -0.2) is 37.3 Å². The van der Waals surface area contributed by atoms with Crippen molar-refractivity contribution in [1.82, 2.24) is 19.5 Å². The van der Waals surface area contributed by atoms with E-state index in [2.05, 4.69) is 21.5 Å². The van der Waals surface area contributed by atoms with Gasteiger partial charge in [0, 0.05) is 5.92 Å². The fourth-order valence-corrected chi connectivity index (χ4v) is 3.60. The van der Waals surface area contributed by atoms with Gasteiger partial charge in [0.15, 0.2) is 11.2 Å². The second kappa shape index (κ2) is 6.98. The molecule has 0 bridgehead atoms. The van der Waals surface area contributed by atoms with E-state index in [-0.39, 0.29) is 29.0 Å². The number of hydrogen-bond acceptors (Lipinski definition) is 6. The van der Waals surface area contributed by atoms with Crippen LogP contribution in [0, 0.1) is 5.92 Å². The summed E-state index contributed by atoms with van der Waals surface area (Å²) in [5.41, 5.74) is 7.79. The number of aromatic nitrogens is 4. The first-order valence-electron chi connectivity index (χ1n) is 8.75. The Labute approximate surface area is 155 Å². The summed E-state index contributed by atoms with van der Waals surface area (Å²) in [6.45, 7) is 5.01. The SMILES string of the molecule is C=C1C(n2cnc3c(=O)[nH]c(N)nc32)C[C@H](O)[C@H]1COCc1ccccc1. The minimum absolute atomic E-state index is 0.0288. The molecular weight excluding hydrogens is 346 g/mol. The van der Waals surface area contributed by atoms with Crippen molar-refractivity contribution in [2.75, 3.05) is 12.3 Å². The second-order valence-electron chi connectivity index (χ2n) is 6.78. The van der Waals surface area contributed by atoms with Crippen molar-refractivity contribution in [1.29, 1.82) is 0 Å². The van der Waals surface area contributed by atoms with Crippen LogP contribution in [-0.2, 0) is 11.3 Å². The van der Waals surface area contributed by atoms with E-state index in [1.807, 2.05) is 30.3 Å². The van der Waals surface area contributed by atoms with E-state index in [0.717, 1.165) is 11.1 Å². The molecule has 1 fully saturated rings. The highest BCUT2D eigenvalue weighted by Crippen LogP contribution is 2.40. The Hall–Kier alpha value is -2.97. The summed E-state index contributed by atoms with van der Waals surface area (Å²) < 4.78 is 7.55. The predicted molar refractivity (Wildman–Crippen MR) is 101 cm³/mol. The lowest BCUT2D eigenvalue weighted by Crippen LogP contribution is -2.20. The number of aliphatic hydroxyl groups is 1. The van der Waals surface area contributed by atoms with E-state index in [4.69, 9.17) is 10.5 Å². The van der Waals surface area contributed by atoms with Crippen molar-refractivity contribution >= 4 is 17.1 Å². The Kier molecular flexibility index (Phi) is 4.51. The highest BCUT2D eigenvalue weighted by Gasteiger charge is 2.38. The molecule has 0 amide bonds. The van der Waals surface area contributed by atoms with Crippen molar-refractivity contribution in [2.24, 2.45) is 5.92 Å². The van der Waals surface area contributed by atoms with Gasteiger partial charge in [-0.15, -0.1) is 0 Å². The number of anilines is 1. The molecule has 1 saturated carbocycles. The topological polar surface area (TPSA) is 119 Å². The molecule has 4 rings (SSSR count). The largest absolute Gasteiger partial charge is 0.392 e. The van der Waals surface area contributed by atoms with E-state index in [1.165, 1.54) is 0 Å². The second-order valence-corrected chi connectivity index (χ2v) is 6.78. The molecule has 0 saturated heterocycles. The molecule has 2 aromatic heterocycles. The molecular formula is C19H21N5O3. The number of nitrogen functional groups attached to an aromatic ring is 1. The number of hydrogen-bond donors (Lipinski definition) is 3. The number of H-pyrrole nitrogens is 1. The Morgan fingerprint density at radius 3 is 2.93 bits per heavy atom. The van der Waals surface area contributed by atoms with Gasteiger partial charge in [0.25, 0.3) is 5.56 Å². The number of rotatable bonds is 5. The molecule has 1 aromatic carbocycles. The average Bonchev–Trinajstić information content (AvgIpc) is 3.18. The first kappa shape index (κ1) is 17.4. The van der Waals surface area contributed by atoms with Gasteiger partial charge in [-0.2, -0.15) is 4.98 Å². The predicted octanol–water partition coefficient (Wildman–Crippen LogP) is 1.40. The monoisotopic (exact) mass is 367 g/mol. The van der Waals surface area contributed by atoms with Crippen LogP contribution in [0.1, 0.15) is 18.0 Å². The van der Waals surface area contributed by atoms with Crippen LogP contribution in [0.5, 0.6) is 0 Å². The fraction of sp³-hybridized carbons (Fsp3) is 0.316. The molecule has 0 spiro atoms. The Balaban J connectivity index is 1.51. The first-order chi connectivity index (χ1) is 13.0. The smallest absolute Gasteiger partial charge is 0.280 e. The summed E-state index contributed by atoms with van der Waals surface area (Å²) in [6, 6.07) is 9.65. The van der Waals surface area contributed by atoms with Gasteiger partial charge >= 0.3 is 0 Å². The average molecular weight is 367 g/mol. The molecule has 4 N–H and O–H groups in total. The summed E-state index contributed by atoms with van der Waals surface area (Å²) >= 11 is 0. The third kappa shape index (κ3) is 3.24. The maximum Gasteiger partial charge on any atom is 0.280 e. The van der Waals surface area contributed by atoms with Crippen molar-refractivity contribution in [3.63, 3.8) is 0 Å². The molecule has 3 atom stereocenters.